The molecule has 0 radical (unpaired) electrons. The van der Waals surface area contributed by atoms with Crippen LogP contribution in [0.25, 0.3) is 11.1 Å². The van der Waals surface area contributed by atoms with Gasteiger partial charge >= 0.3 is 0 Å². The van der Waals surface area contributed by atoms with Crippen molar-refractivity contribution < 1.29 is 14.2 Å². The highest BCUT2D eigenvalue weighted by molar-refractivity contribution is 6.32. The number of halogens is 1. The minimum atomic E-state index is -0.373. The Kier molecular flexibility index (Phi) is 11.0. The maximum Gasteiger partial charge on any atom is 0.257 e. The van der Waals surface area contributed by atoms with E-state index in [1.165, 1.54) is 0 Å². The summed E-state index contributed by atoms with van der Waals surface area (Å²) in [4.78, 5) is 20.3. The summed E-state index contributed by atoms with van der Waals surface area (Å²) < 4.78 is 19.7. The van der Waals surface area contributed by atoms with E-state index in [4.69, 9.17) is 41.9 Å². The predicted molar refractivity (Wildman–Crippen MR) is 179 cm³/mol. The van der Waals surface area contributed by atoms with Crippen molar-refractivity contribution in [1.82, 2.24) is 39.6 Å². The highest BCUT2D eigenvalue weighted by Crippen LogP contribution is 2.35. The van der Waals surface area contributed by atoms with Gasteiger partial charge in [-0.1, -0.05) is 22.9 Å². The summed E-state index contributed by atoms with van der Waals surface area (Å²) in [5.41, 5.74) is 9.38. The zero-order valence-electron chi connectivity index (χ0n) is 26.7. The lowest BCUT2D eigenvalue weighted by Gasteiger charge is -2.38. The zero-order valence-corrected chi connectivity index (χ0v) is 27.5. The van der Waals surface area contributed by atoms with E-state index in [9.17, 15) is 0 Å². The van der Waals surface area contributed by atoms with Crippen LogP contribution in [0.1, 0.15) is 44.5 Å². The van der Waals surface area contributed by atoms with Crippen LogP contribution in [0.4, 0.5) is 11.6 Å². The second kappa shape index (κ2) is 15.9. The monoisotopic (exact) mass is 674 g/mol. The smallest absolute Gasteiger partial charge is 0.257 e. The molecule has 6 rings (SSSR count). The predicted octanol–water partition coefficient (Wildman–Crippen LogP) is 5.54. The Balaban J connectivity index is 1.15. The Hall–Kier alpha value is -4.73. The van der Waals surface area contributed by atoms with Crippen LogP contribution in [0.3, 0.4) is 0 Å². The van der Waals surface area contributed by atoms with Gasteiger partial charge in [0.15, 0.2) is 5.82 Å². The minimum Gasteiger partial charge on any atom is -0.487 e. The normalized spacial score (nSPS) is 18.9. The van der Waals surface area contributed by atoms with Crippen molar-refractivity contribution in [3.63, 3.8) is 0 Å². The van der Waals surface area contributed by atoms with Gasteiger partial charge in [0, 0.05) is 49.5 Å². The molecule has 0 unspecified atom stereocenters. The fraction of sp³-hybridized carbons (Fsp3) is 0.438. The van der Waals surface area contributed by atoms with Crippen molar-refractivity contribution in [1.29, 1.82) is 10.9 Å². The highest BCUT2D eigenvalue weighted by atomic mass is 35.5. The number of morpholine rings is 1. The van der Waals surface area contributed by atoms with Gasteiger partial charge in [-0.05, 0) is 56.4 Å². The average Bonchev–Trinajstić information content (AvgIpc) is 3.54. The molecule has 1 aliphatic heterocycles. The summed E-state index contributed by atoms with van der Waals surface area (Å²) in [7, 11) is 0. The van der Waals surface area contributed by atoms with Crippen molar-refractivity contribution >= 4 is 29.6 Å². The van der Waals surface area contributed by atoms with E-state index in [0.29, 0.717) is 40.2 Å². The van der Waals surface area contributed by atoms with Gasteiger partial charge in [0.1, 0.15) is 30.5 Å². The molecule has 3 aromatic heterocycles. The molecule has 15 nitrogen and oxygen atoms in total. The number of nitrogens with one attached hydrogen (secondary N) is 3. The van der Waals surface area contributed by atoms with Crippen LogP contribution in [-0.4, -0.2) is 91.0 Å². The van der Waals surface area contributed by atoms with Crippen LogP contribution in [0.2, 0.25) is 5.02 Å². The number of nitrogens with zero attached hydrogens (tertiary/aromatic N) is 9. The van der Waals surface area contributed by atoms with Crippen LogP contribution in [0.15, 0.2) is 60.5 Å². The van der Waals surface area contributed by atoms with E-state index in [2.05, 4.69) is 35.4 Å². The number of ether oxygens (including phenoxy) is 3. The fourth-order valence-corrected chi connectivity index (χ4v) is 6.16. The Labute approximate surface area is 283 Å². The molecule has 1 aliphatic carbocycles. The summed E-state index contributed by atoms with van der Waals surface area (Å²) in [5.74, 6) is 1.84. The van der Waals surface area contributed by atoms with E-state index in [-0.39, 0.29) is 25.3 Å². The van der Waals surface area contributed by atoms with Crippen LogP contribution < -0.4 is 14.8 Å². The second-order valence-corrected chi connectivity index (χ2v) is 12.1. The number of anilines is 2. The lowest BCUT2D eigenvalue weighted by molar-refractivity contribution is 0.00502. The number of hydrogen-bond acceptors (Lipinski definition) is 13. The van der Waals surface area contributed by atoms with Crippen molar-refractivity contribution in [3.05, 3.63) is 66.1 Å². The molecule has 3 N–H and O–H groups in total. The SMILES string of the molecule is C[C@@H](CN(C=N)N=N)Oc1cc(-c2cnc(Nc3cn([C@H]4CC[C@H](N5CCOCC5)CC4)nc3OCc3ncccn3)nc2)ccc1Cl. The highest BCUT2D eigenvalue weighted by Gasteiger charge is 2.29. The number of benzene rings is 1. The largest absolute Gasteiger partial charge is 0.487 e. The van der Waals surface area contributed by atoms with E-state index in [1.807, 2.05) is 29.9 Å². The molecule has 0 amide bonds. The number of hydrogen-bond donors (Lipinski definition) is 3. The van der Waals surface area contributed by atoms with Crippen molar-refractivity contribution in [2.45, 2.75) is 57.4 Å². The molecule has 0 spiro atoms. The Bertz CT molecular complexity index is 1640. The van der Waals surface area contributed by atoms with Gasteiger partial charge in [0.05, 0.1) is 37.0 Å². The van der Waals surface area contributed by atoms with Crippen LogP contribution in [0.5, 0.6) is 11.6 Å². The molecule has 1 saturated heterocycles. The molecule has 4 heterocycles. The third-order valence-corrected chi connectivity index (χ3v) is 8.78. The lowest BCUT2D eigenvalue weighted by atomic mass is 9.90. The summed E-state index contributed by atoms with van der Waals surface area (Å²) in [6.07, 6.45) is 13.7. The van der Waals surface area contributed by atoms with Gasteiger partial charge in [-0.15, -0.1) is 5.10 Å². The van der Waals surface area contributed by atoms with Crippen LogP contribution in [0, 0.1) is 10.9 Å². The van der Waals surface area contributed by atoms with Crippen LogP contribution >= 0.6 is 11.6 Å². The first kappa shape index (κ1) is 33.2. The third kappa shape index (κ3) is 8.40. The molecular formula is C32H39ClN12O3. The molecule has 0 bridgehead atoms. The Morgan fingerprint density at radius 3 is 2.52 bits per heavy atom. The summed E-state index contributed by atoms with van der Waals surface area (Å²) in [6.45, 7) is 5.86. The van der Waals surface area contributed by atoms with Crippen molar-refractivity contribution in [2.75, 3.05) is 38.2 Å². The van der Waals surface area contributed by atoms with Gasteiger partial charge in [-0.2, -0.15) is 5.53 Å². The summed E-state index contributed by atoms with van der Waals surface area (Å²) in [5, 5.41) is 20.3. The van der Waals surface area contributed by atoms with Gasteiger partial charge in [0.2, 0.25) is 5.95 Å². The first-order valence-corrected chi connectivity index (χ1v) is 16.4. The molecule has 252 valence electrons. The zero-order chi connectivity index (χ0) is 33.3. The fourth-order valence-electron chi connectivity index (χ4n) is 6.00. The molecule has 1 aromatic carbocycles. The van der Waals surface area contributed by atoms with Gasteiger partial charge in [-0.25, -0.2) is 24.9 Å². The molecule has 4 aromatic rings. The molecule has 2 aliphatic rings. The van der Waals surface area contributed by atoms with E-state index in [0.717, 1.165) is 74.5 Å². The molecule has 48 heavy (non-hydrogen) atoms. The Morgan fingerprint density at radius 2 is 1.81 bits per heavy atom. The second-order valence-electron chi connectivity index (χ2n) is 11.7. The third-order valence-electron chi connectivity index (χ3n) is 8.47. The standard InChI is InChI=1S/C32H39ClN12O3/c1-22(18-44(21-34)42-35)48-29-15-23(3-8-27(29)33)24-16-38-32(39-17-24)40-28-19-45(41-31(28)47-20-30-36-9-2-10-37-30)26-6-4-25(5-7-26)43-11-13-46-14-12-43/h2-3,8-10,15-17,19,21-22,25-26,34-35H,4-7,11-14,18,20H2,1H3,(H,38,39,40)/t22-,25-,26-/m0/s1. The molecule has 1 atom stereocenters. The maximum absolute atomic E-state index is 7.33. The molecule has 1 saturated carbocycles. The summed E-state index contributed by atoms with van der Waals surface area (Å²) in [6, 6.07) is 8.04. The van der Waals surface area contributed by atoms with Crippen LogP contribution in [-0.2, 0) is 11.3 Å². The summed E-state index contributed by atoms with van der Waals surface area (Å²) >= 11 is 6.41. The molecular weight excluding hydrogens is 636 g/mol. The average molecular weight is 675 g/mol. The topological polar surface area (TPSA) is 176 Å². The number of aromatic nitrogens is 6. The van der Waals surface area contributed by atoms with E-state index >= 15 is 0 Å². The van der Waals surface area contributed by atoms with Crippen molar-refractivity contribution in [2.24, 2.45) is 5.22 Å². The van der Waals surface area contributed by atoms with Gasteiger partial charge < -0.3 is 19.5 Å². The van der Waals surface area contributed by atoms with E-state index in [1.54, 1.807) is 36.9 Å². The molecule has 2 fully saturated rings. The Morgan fingerprint density at radius 1 is 1.08 bits per heavy atom. The quantitative estimate of drug-likeness (QED) is 0.0662. The first-order valence-electron chi connectivity index (χ1n) is 16.0. The lowest BCUT2D eigenvalue weighted by Crippen LogP contribution is -2.45. The molecule has 16 heteroatoms. The van der Waals surface area contributed by atoms with Gasteiger partial charge in [0.25, 0.3) is 5.88 Å². The van der Waals surface area contributed by atoms with Crippen molar-refractivity contribution in [3.8, 4) is 22.8 Å². The first-order chi connectivity index (χ1) is 23.5. The minimum absolute atomic E-state index is 0.174. The van der Waals surface area contributed by atoms with Gasteiger partial charge in [-0.3, -0.25) is 15.0 Å². The maximum atomic E-state index is 7.33. The van der Waals surface area contributed by atoms with E-state index < -0.39 is 0 Å². The number of rotatable bonds is 14.